The van der Waals surface area contributed by atoms with Gasteiger partial charge in [0.25, 0.3) is 5.92 Å². The summed E-state index contributed by atoms with van der Waals surface area (Å²) in [6.07, 6.45) is 2.14. The number of nitrogens with zero attached hydrogens (tertiary/aromatic N) is 6. The maximum atomic E-state index is 16.1. The Morgan fingerprint density at radius 2 is 1.62 bits per heavy atom. The van der Waals surface area contributed by atoms with E-state index in [1.54, 1.807) is 14.0 Å². The summed E-state index contributed by atoms with van der Waals surface area (Å²) in [7, 11) is 1.59. The van der Waals surface area contributed by atoms with E-state index in [-0.39, 0.29) is 5.56 Å². The van der Waals surface area contributed by atoms with Crippen molar-refractivity contribution in [2.45, 2.75) is 71.5 Å². The number of fused-ring (bicyclic) bond motifs is 1. The van der Waals surface area contributed by atoms with E-state index in [4.69, 9.17) is 9.72 Å². The van der Waals surface area contributed by atoms with Crippen molar-refractivity contribution < 1.29 is 17.9 Å². The van der Waals surface area contributed by atoms with Crippen molar-refractivity contribution in [3.8, 4) is 5.88 Å². The molecule has 0 aliphatic carbocycles. The Labute approximate surface area is 264 Å². The fourth-order valence-corrected chi connectivity index (χ4v) is 6.56. The molecule has 0 saturated carbocycles. The molecule has 0 unspecified atom stereocenters. The molecule has 2 fully saturated rings. The van der Waals surface area contributed by atoms with Crippen LogP contribution in [0.25, 0.3) is 11.0 Å². The number of halogens is 3. The third kappa shape index (κ3) is 6.74. The maximum Gasteiger partial charge on any atom is 0.278 e. The summed E-state index contributed by atoms with van der Waals surface area (Å²) in [5.74, 6) is -3.83. The van der Waals surface area contributed by atoms with Gasteiger partial charge in [-0.1, -0.05) is 24.3 Å². The van der Waals surface area contributed by atoms with Gasteiger partial charge >= 0.3 is 0 Å². The Morgan fingerprint density at radius 3 is 2.22 bits per heavy atom. The van der Waals surface area contributed by atoms with E-state index < -0.39 is 29.3 Å². The predicted molar refractivity (Wildman–Crippen MR) is 174 cm³/mol. The van der Waals surface area contributed by atoms with Gasteiger partial charge in [-0.2, -0.15) is 4.98 Å². The van der Waals surface area contributed by atoms with Gasteiger partial charge in [-0.15, -0.1) is 6.58 Å². The van der Waals surface area contributed by atoms with Crippen molar-refractivity contribution in [2.75, 3.05) is 56.6 Å². The first-order chi connectivity index (χ1) is 21.4. The largest absolute Gasteiger partial charge is 0.479 e. The predicted octanol–water partition coefficient (Wildman–Crippen LogP) is 6.56. The molecule has 5 rings (SSSR count). The Hall–Kier alpha value is -3.44. The fraction of sp³-hybridized carbons (Fsp3) is 0.559. The number of nitrogens with one attached hydrogen (secondary N) is 1. The van der Waals surface area contributed by atoms with Crippen LogP contribution in [-0.2, 0) is 5.92 Å². The Kier molecular flexibility index (Phi) is 9.88. The minimum Gasteiger partial charge on any atom is -0.479 e. The number of rotatable bonds is 10. The van der Waals surface area contributed by atoms with Crippen LogP contribution in [0.3, 0.4) is 0 Å². The number of pyridine rings is 1. The molecular weight excluding hydrogens is 579 g/mol. The highest BCUT2D eigenvalue weighted by molar-refractivity contribution is 5.90. The van der Waals surface area contributed by atoms with Gasteiger partial charge in [-0.05, 0) is 66.6 Å². The first kappa shape index (κ1) is 32.9. The number of aryl methyl sites for hydroxylation is 1. The zero-order valence-electron chi connectivity index (χ0n) is 27.3. The third-order valence-corrected chi connectivity index (χ3v) is 9.35. The van der Waals surface area contributed by atoms with Gasteiger partial charge in [0, 0.05) is 49.7 Å². The lowest BCUT2D eigenvalue weighted by molar-refractivity contribution is -0.0900. The molecule has 2 aromatic heterocycles. The molecule has 0 radical (unpaired) electrons. The highest BCUT2D eigenvalue weighted by Gasteiger charge is 2.45. The number of piperazine rings is 1. The number of hydrogen-bond donors (Lipinski definition) is 1. The molecule has 1 atom stereocenters. The van der Waals surface area contributed by atoms with Crippen molar-refractivity contribution in [1.82, 2.24) is 24.8 Å². The van der Waals surface area contributed by atoms with E-state index in [2.05, 4.69) is 64.3 Å². The van der Waals surface area contributed by atoms with Crippen molar-refractivity contribution in [3.05, 3.63) is 59.7 Å². The van der Waals surface area contributed by atoms with Gasteiger partial charge in [-0.25, -0.2) is 23.1 Å². The second-order valence-electron chi connectivity index (χ2n) is 12.7. The van der Waals surface area contributed by atoms with E-state index in [1.165, 1.54) is 24.3 Å². The van der Waals surface area contributed by atoms with Gasteiger partial charge in [0.15, 0.2) is 5.65 Å². The molecule has 0 amide bonds. The highest BCUT2D eigenvalue weighted by Crippen LogP contribution is 2.44. The number of hydrogen-bond acceptors (Lipinski definition) is 8. The number of anilines is 2. The van der Waals surface area contributed by atoms with Crippen molar-refractivity contribution in [3.63, 3.8) is 0 Å². The van der Waals surface area contributed by atoms with Gasteiger partial charge in [-0.3, -0.25) is 4.90 Å². The standard InChI is InChI=1S/C34H46F3N7O/c1-8-28(25-10-9-11-27(30(25)35)34(36,37)24-12-14-42(15-13-24)21(2)3)40-31-26-20-29(44-18-16-43(17-19-44)22(4)5)33(45-7)41-32(26)39-23(6)38-31/h8-11,20-22,24,28H,1,12-19H2,2-7H3,(H,38,39,40,41)/t28-/m1/s1. The Balaban J connectivity index is 1.46. The molecule has 45 heavy (non-hydrogen) atoms. The normalized spacial score (nSPS) is 18.2. The Bertz CT molecular complexity index is 1500. The number of piperidine rings is 1. The smallest absolute Gasteiger partial charge is 0.278 e. The lowest BCUT2D eigenvalue weighted by Crippen LogP contribution is -2.49. The molecule has 1 N–H and O–H groups in total. The second-order valence-corrected chi connectivity index (χ2v) is 12.7. The van der Waals surface area contributed by atoms with Crippen LogP contribution >= 0.6 is 0 Å². The van der Waals surface area contributed by atoms with E-state index >= 15 is 13.2 Å². The van der Waals surface area contributed by atoms with Crippen LogP contribution in [0.5, 0.6) is 5.88 Å². The monoisotopic (exact) mass is 625 g/mol. The van der Waals surface area contributed by atoms with Crippen LogP contribution in [0, 0.1) is 18.7 Å². The molecule has 4 heterocycles. The van der Waals surface area contributed by atoms with Crippen LogP contribution in [0.4, 0.5) is 24.7 Å². The van der Waals surface area contributed by atoms with Gasteiger partial charge < -0.3 is 19.9 Å². The molecule has 2 saturated heterocycles. The maximum absolute atomic E-state index is 16.1. The second kappa shape index (κ2) is 13.5. The summed E-state index contributed by atoms with van der Waals surface area (Å²) in [5, 5.41) is 3.89. The topological polar surface area (TPSA) is 69.7 Å². The number of likely N-dealkylation sites (tertiary alicyclic amines) is 1. The molecule has 8 nitrogen and oxygen atoms in total. The van der Waals surface area contributed by atoms with Crippen LogP contribution < -0.4 is 15.0 Å². The molecular formula is C34H46F3N7O. The summed E-state index contributed by atoms with van der Waals surface area (Å²) < 4.78 is 53.5. The number of methoxy groups -OCH3 is 1. The van der Waals surface area contributed by atoms with Crippen molar-refractivity contribution in [1.29, 1.82) is 0 Å². The van der Waals surface area contributed by atoms with E-state index in [9.17, 15) is 0 Å². The summed E-state index contributed by atoms with van der Waals surface area (Å²) in [6.45, 7) is 18.7. The van der Waals surface area contributed by atoms with Crippen molar-refractivity contribution in [2.24, 2.45) is 5.92 Å². The quantitative estimate of drug-likeness (QED) is 0.254. The average Bonchev–Trinajstić information content (AvgIpc) is 3.03. The molecule has 1 aromatic carbocycles. The van der Waals surface area contributed by atoms with Gasteiger partial charge in [0.1, 0.15) is 23.1 Å². The number of ether oxygens (including phenoxy) is 1. The summed E-state index contributed by atoms with van der Waals surface area (Å²) in [5.41, 5.74) is 0.741. The van der Waals surface area contributed by atoms with E-state index in [1.807, 2.05) is 6.07 Å². The molecule has 244 valence electrons. The molecule has 2 aliphatic heterocycles. The summed E-state index contributed by atoms with van der Waals surface area (Å²) in [6, 6.07) is 6.09. The summed E-state index contributed by atoms with van der Waals surface area (Å²) in [4.78, 5) is 20.7. The first-order valence-corrected chi connectivity index (χ1v) is 16.0. The van der Waals surface area contributed by atoms with E-state index in [0.717, 1.165) is 31.9 Å². The molecule has 0 bridgehead atoms. The summed E-state index contributed by atoms with van der Waals surface area (Å²) >= 11 is 0. The number of alkyl halides is 2. The van der Waals surface area contributed by atoms with Gasteiger partial charge in [0.2, 0.25) is 5.88 Å². The van der Waals surface area contributed by atoms with Gasteiger partial charge in [0.05, 0.1) is 24.1 Å². The molecule has 11 heteroatoms. The molecule has 2 aliphatic rings. The minimum atomic E-state index is -3.30. The van der Waals surface area contributed by atoms with E-state index in [0.29, 0.717) is 66.6 Å². The average molecular weight is 626 g/mol. The molecule has 0 spiro atoms. The zero-order chi connectivity index (χ0) is 32.5. The SMILES string of the molecule is C=C[C@@H](Nc1nc(C)nc2nc(OC)c(N3CCN(C(C)C)CC3)cc12)c1cccc(C(F)(F)C2CCN(C(C)C)CC2)c1F. The first-order valence-electron chi connectivity index (χ1n) is 16.0. The minimum absolute atomic E-state index is 0.0812. The fourth-order valence-electron chi connectivity index (χ4n) is 6.56. The van der Waals surface area contributed by atoms with Crippen LogP contribution in [0.1, 0.15) is 63.5 Å². The van der Waals surface area contributed by atoms with Crippen LogP contribution in [0.2, 0.25) is 0 Å². The van der Waals surface area contributed by atoms with Crippen LogP contribution in [0.15, 0.2) is 36.9 Å². The van der Waals surface area contributed by atoms with Crippen LogP contribution in [-0.4, -0.2) is 83.2 Å². The van der Waals surface area contributed by atoms with Crippen molar-refractivity contribution >= 4 is 22.5 Å². The zero-order valence-corrected chi connectivity index (χ0v) is 27.3. The Morgan fingerprint density at radius 1 is 0.978 bits per heavy atom. The number of benzene rings is 1. The molecule has 3 aromatic rings. The lowest BCUT2D eigenvalue weighted by Gasteiger charge is -2.38. The lowest BCUT2D eigenvalue weighted by atomic mass is 9.85. The number of aromatic nitrogens is 3. The third-order valence-electron chi connectivity index (χ3n) is 9.35. The highest BCUT2D eigenvalue weighted by atomic mass is 19.3.